The molecule has 3 nitrogen and oxygen atoms in total. The van der Waals surface area contributed by atoms with Crippen molar-refractivity contribution in [3.8, 4) is 0 Å². The minimum absolute atomic E-state index is 0. The Labute approximate surface area is 82.0 Å². The molecule has 0 aliphatic rings. The maximum Gasteiger partial charge on any atom is 2.00 e. The predicted octanol–water partition coefficient (Wildman–Crippen LogP) is -1.84. The van der Waals surface area contributed by atoms with Crippen LogP contribution in [0, 0.1) is 0 Å². The molecular weight excluding hydrogens is 187 g/mol. The Morgan fingerprint density at radius 3 is 1.11 bits per heavy atom. The van der Waals surface area contributed by atoms with Crippen molar-refractivity contribution in [2.24, 2.45) is 0 Å². The summed E-state index contributed by atoms with van der Waals surface area (Å²) < 4.78 is 29.2. The molecule has 51 valence electrons. The second kappa shape index (κ2) is 22.7. The van der Waals surface area contributed by atoms with Crippen LogP contribution in [0.2, 0.25) is 0 Å². The van der Waals surface area contributed by atoms with Crippen molar-refractivity contribution in [2.75, 3.05) is 0 Å². The molecule has 0 saturated carbocycles. The van der Waals surface area contributed by atoms with Crippen molar-refractivity contribution in [3.63, 3.8) is 0 Å². The van der Waals surface area contributed by atoms with Gasteiger partial charge in [0.25, 0.3) is 0 Å². The zero-order valence-electron chi connectivity index (χ0n) is 4.18. The third kappa shape index (κ3) is 256. The van der Waals surface area contributed by atoms with Crippen molar-refractivity contribution in [3.05, 3.63) is 0 Å². The van der Waals surface area contributed by atoms with E-state index in [2.05, 4.69) is 0 Å². The first-order chi connectivity index (χ1) is 3.15. The normalized spacial score (nSPS) is 5.56. The van der Waals surface area contributed by atoms with E-state index in [1.807, 2.05) is 0 Å². The van der Waals surface area contributed by atoms with E-state index in [0.717, 1.165) is 0 Å². The van der Waals surface area contributed by atoms with Gasteiger partial charge in [0.15, 0.2) is 0 Å². The maximum atomic E-state index is 9.73. The average Bonchev–Trinajstić information content (AvgIpc) is 1.33. The first kappa shape index (κ1) is 22.4. The van der Waals surface area contributed by atoms with E-state index in [-0.39, 0.29) is 43.2 Å². The molecule has 0 aromatic rings. The largest absolute Gasteiger partial charge is 2.00 e. The number of hydrogen-bond acceptors (Lipinski definition) is 2. The van der Waals surface area contributed by atoms with Gasteiger partial charge in [-0.05, 0) is 0 Å². The zero-order valence-corrected chi connectivity index (χ0v) is 7.28. The molecule has 0 amide bonds. The minimum atomic E-state index is -4.12. The number of rotatable bonds is 0. The first-order valence-corrected chi connectivity index (χ1v) is 1.99. The molecule has 0 fully saturated rings. The first-order valence-electron chi connectivity index (χ1n) is 0.978. The molecule has 9 heavy (non-hydrogen) atoms. The van der Waals surface area contributed by atoms with Gasteiger partial charge in [0, 0.05) is 0 Å². The molecule has 0 aromatic heterocycles. The molecule has 9 heteroatoms. The summed E-state index contributed by atoms with van der Waals surface area (Å²) in [4.78, 5) is 0. The number of hydrogen-bond donors (Lipinski definition) is 0. The van der Waals surface area contributed by atoms with Gasteiger partial charge in [0.05, 0.1) is 0 Å². The summed E-state index contributed by atoms with van der Waals surface area (Å²) in [5, 5.41) is 16.5. The Balaban J connectivity index is -0.0000000233. The van der Waals surface area contributed by atoms with E-state index >= 15 is 0 Å². The second-order valence-corrected chi connectivity index (χ2v) is 0.671. The molecule has 0 rings (SSSR count). The fourth-order valence-electron chi connectivity index (χ4n) is 0. The summed E-state index contributed by atoms with van der Waals surface area (Å²) in [7, 11) is -4.62. The second-order valence-electron chi connectivity index (χ2n) is 0.288. The van der Waals surface area contributed by atoms with Crippen molar-refractivity contribution in [2.45, 2.75) is 0 Å². The van der Waals surface area contributed by atoms with Gasteiger partial charge in [-0.2, -0.15) is 12.6 Å². The van der Waals surface area contributed by atoms with Gasteiger partial charge in [-0.1, -0.05) is 0 Å². The van der Waals surface area contributed by atoms with Crippen LogP contribution < -0.4 is 10.0 Å². The van der Waals surface area contributed by atoms with Gasteiger partial charge >= 0.3 is 46.6 Å². The van der Waals surface area contributed by atoms with E-state index in [9.17, 15) is 12.6 Å². The Kier molecular flexibility index (Phi) is 56.7. The van der Waals surface area contributed by atoms with Crippen molar-refractivity contribution in [1.82, 2.24) is 0 Å². The van der Waals surface area contributed by atoms with Crippen molar-refractivity contribution < 1.29 is 28.1 Å². The van der Waals surface area contributed by atoms with E-state index in [4.69, 9.17) is 10.0 Å². The molecule has 1 radical (unpaired) electrons. The molecule has 0 aromatic carbocycles. The molecule has 0 saturated heterocycles. The Hall–Kier alpha value is 1.42. The zero-order chi connectivity index (χ0) is 6.28. The monoisotopic (exact) mass is 189 g/mol. The topological polar surface area (TPSA) is 77.6 Å². The van der Waals surface area contributed by atoms with E-state index in [1.165, 1.54) is 0 Å². The van der Waals surface area contributed by atoms with Gasteiger partial charge < -0.3 is 15.5 Å². The SMILES string of the molecule is FP(F)F.O.[Ca+2].[O-][B][O-]. The summed E-state index contributed by atoms with van der Waals surface area (Å²) in [5.41, 5.74) is 0. The van der Waals surface area contributed by atoms with Crippen LogP contribution in [0.15, 0.2) is 0 Å². The van der Waals surface area contributed by atoms with E-state index in [1.54, 1.807) is 0 Å². The van der Waals surface area contributed by atoms with Crippen LogP contribution in [0.4, 0.5) is 12.6 Å². The summed E-state index contributed by atoms with van der Waals surface area (Å²) in [5.74, 6) is 0. The Morgan fingerprint density at radius 2 is 1.11 bits per heavy atom. The van der Waals surface area contributed by atoms with Crippen LogP contribution in [0.25, 0.3) is 0 Å². The van der Waals surface area contributed by atoms with Crippen LogP contribution in [0.5, 0.6) is 0 Å². The van der Waals surface area contributed by atoms with Gasteiger partial charge in [-0.25, -0.2) is 7.69 Å². The molecular formula is H2BCaF3O3P. The molecule has 0 spiro atoms. The third-order valence-electron chi connectivity index (χ3n) is 0. The van der Waals surface area contributed by atoms with E-state index in [0.29, 0.717) is 0 Å². The third-order valence-corrected chi connectivity index (χ3v) is 0. The molecule has 0 aliphatic heterocycles. The van der Waals surface area contributed by atoms with Crippen LogP contribution >= 0.6 is 8.85 Å². The van der Waals surface area contributed by atoms with Crippen LogP contribution in [0.3, 0.4) is 0 Å². The van der Waals surface area contributed by atoms with Gasteiger partial charge in [0.1, 0.15) is 0 Å². The Morgan fingerprint density at radius 1 is 1.11 bits per heavy atom. The average molecular weight is 189 g/mol. The molecule has 2 N–H and O–H groups in total. The molecule has 0 bridgehead atoms. The van der Waals surface area contributed by atoms with E-state index < -0.39 is 16.5 Å². The summed E-state index contributed by atoms with van der Waals surface area (Å²) in [6, 6.07) is 0. The van der Waals surface area contributed by atoms with Gasteiger partial charge in [-0.3, -0.25) is 0 Å². The van der Waals surface area contributed by atoms with Crippen LogP contribution in [-0.2, 0) is 0 Å². The number of halogens is 3. The van der Waals surface area contributed by atoms with Crippen molar-refractivity contribution >= 4 is 54.3 Å². The van der Waals surface area contributed by atoms with Gasteiger partial charge in [-0.15, -0.1) is 0 Å². The van der Waals surface area contributed by atoms with Crippen LogP contribution in [-0.4, -0.2) is 50.9 Å². The Bertz CT molecular complexity index is 30.3. The molecule has 0 atom stereocenters. The smallest absolute Gasteiger partial charge is 0.900 e. The molecule has 0 aliphatic carbocycles. The van der Waals surface area contributed by atoms with Crippen LogP contribution in [0.1, 0.15) is 0 Å². The molecule has 0 heterocycles. The summed E-state index contributed by atoms with van der Waals surface area (Å²) in [6.07, 6.45) is 0. The predicted molar refractivity (Wildman–Crippen MR) is 25.4 cm³/mol. The minimum Gasteiger partial charge on any atom is -0.900 e. The summed E-state index contributed by atoms with van der Waals surface area (Å²) in [6.45, 7) is 0. The standard InChI is InChI=1S/BO2.Ca.F3P.H2O/c2-1-3;;1-4(2)3;/h;;;1H2/q-2;+2;;. The fraction of sp³-hybridized carbons (Fsp3) is 0. The van der Waals surface area contributed by atoms with Gasteiger partial charge in [0.2, 0.25) is 0 Å². The fourth-order valence-corrected chi connectivity index (χ4v) is 0. The maximum absolute atomic E-state index is 9.73. The quantitative estimate of drug-likeness (QED) is 0.331. The molecule has 0 unspecified atom stereocenters. The van der Waals surface area contributed by atoms with Crippen molar-refractivity contribution in [1.29, 1.82) is 0 Å². The summed E-state index contributed by atoms with van der Waals surface area (Å²) >= 11 is 0.